The van der Waals surface area contributed by atoms with Crippen LogP contribution in [0.2, 0.25) is 0 Å². The van der Waals surface area contributed by atoms with Crippen LogP contribution in [0, 0.1) is 5.82 Å². The van der Waals surface area contributed by atoms with Gasteiger partial charge in [0.2, 0.25) is 5.91 Å². The Balaban J connectivity index is 1.79. The van der Waals surface area contributed by atoms with E-state index in [9.17, 15) is 14.0 Å². The van der Waals surface area contributed by atoms with Gasteiger partial charge in [0.05, 0.1) is 17.5 Å². The number of rotatable bonds is 5. The Morgan fingerprint density at radius 2 is 1.77 bits per heavy atom. The van der Waals surface area contributed by atoms with E-state index < -0.39 is 17.3 Å². The Labute approximate surface area is 181 Å². The molecule has 2 N–H and O–H groups in total. The van der Waals surface area contributed by atoms with Crippen molar-refractivity contribution in [2.24, 2.45) is 0 Å². The highest BCUT2D eigenvalue weighted by Crippen LogP contribution is 2.42. The third-order valence-electron chi connectivity index (χ3n) is 6.08. The fraction of sp³-hybridized carbons (Fsp3) is 0.231. The zero-order chi connectivity index (χ0) is 22.0. The lowest BCUT2D eigenvalue weighted by atomic mass is 9.71. The summed E-state index contributed by atoms with van der Waals surface area (Å²) in [4.78, 5) is 26.6. The van der Waals surface area contributed by atoms with Crippen LogP contribution in [0.1, 0.15) is 59.3 Å². The van der Waals surface area contributed by atoms with Gasteiger partial charge in [-0.2, -0.15) is 0 Å². The number of hydrogen-bond donors (Lipinski definition) is 2. The van der Waals surface area contributed by atoms with Crippen molar-refractivity contribution in [2.75, 3.05) is 0 Å². The largest absolute Gasteiger partial charge is 0.349 e. The Morgan fingerprint density at radius 3 is 2.48 bits per heavy atom. The molecule has 0 saturated heterocycles. The normalized spacial score (nSPS) is 21.0. The molecule has 158 valence electrons. The van der Waals surface area contributed by atoms with Crippen LogP contribution in [0.4, 0.5) is 4.39 Å². The van der Waals surface area contributed by atoms with Crippen molar-refractivity contribution in [3.05, 3.63) is 107 Å². The summed E-state index contributed by atoms with van der Waals surface area (Å²) in [5, 5.41) is 6.15. The number of carbonyl (C=O) groups is 2. The summed E-state index contributed by atoms with van der Waals surface area (Å²) in [6.45, 7) is 3.80. The molecule has 0 fully saturated rings. The second-order valence-corrected chi connectivity index (χ2v) is 8.07. The van der Waals surface area contributed by atoms with Gasteiger partial charge in [-0.3, -0.25) is 9.59 Å². The molecule has 1 heterocycles. The van der Waals surface area contributed by atoms with Gasteiger partial charge in [-0.05, 0) is 48.2 Å². The lowest BCUT2D eigenvalue weighted by Crippen LogP contribution is -2.56. The lowest BCUT2D eigenvalue weighted by Gasteiger charge is -2.43. The maximum atomic E-state index is 14.1. The first-order valence-electron chi connectivity index (χ1n) is 10.5. The number of benzene rings is 3. The van der Waals surface area contributed by atoms with E-state index >= 15 is 0 Å². The van der Waals surface area contributed by atoms with E-state index in [1.165, 1.54) is 12.1 Å². The van der Waals surface area contributed by atoms with Crippen molar-refractivity contribution >= 4 is 11.8 Å². The van der Waals surface area contributed by atoms with Gasteiger partial charge >= 0.3 is 0 Å². The Kier molecular flexibility index (Phi) is 5.59. The highest BCUT2D eigenvalue weighted by Gasteiger charge is 2.48. The molecule has 0 bridgehead atoms. The van der Waals surface area contributed by atoms with Gasteiger partial charge in [0, 0.05) is 5.56 Å². The third-order valence-corrected chi connectivity index (χ3v) is 6.08. The van der Waals surface area contributed by atoms with E-state index in [2.05, 4.69) is 10.6 Å². The van der Waals surface area contributed by atoms with Crippen LogP contribution in [0.5, 0.6) is 0 Å². The molecular formula is C26H25FN2O2. The molecule has 4 nitrogen and oxygen atoms in total. The predicted octanol–water partition coefficient (Wildman–Crippen LogP) is 4.84. The van der Waals surface area contributed by atoms with E-state index in [1.807, 2.05) is 43.3 Å². The quantitative estimate of drug-likeness (QED) is 0.626. The first-order chi connectivity index (χ1) is 14.9. The maximum Gasteiger partial charge on any atom is 0.252 e. The molecule has 4 rings (SSSR count). The average Bonchev–Trinajstić information content (AvgIpc) is 2.78. The topological polar surface area (TPSA) is 58.2 Å². The molecule has 2 amide bonds. The molecule has 31 heavy (non-hydrogen) atoms. The number of fused-ring (bicyclic) bond motifs is 1. The van der Waals surface area contributed by atoms with E-state index in [4.69, 9.17) is 0 Å². The van der Waals surface area contributed by atoms with Gasteiger partial charge < -0.3 is 10.6 Å². The summed E-state index contributed by atoms with van der Waals surface area (Å²) in [6.07, 6.45) is 0.715. The summed E-state index contributed by atoms with van der Waals surface area (Å²) < 4.78 is 14.1. The minimum atomic E-state index is -1.10. The van der Waals surface area contributed by atoms with Crippen LogP contribution in [-0.4, -0.2) is 11.8 Å². The Bertz CT molecular complexity index is 1120. The summed E-state index contributed by atoms with van der Waals surface area (Å²) in [5.41, 5.74) is 1.55. The first-order valence-corrected chi connectivity index (χ1v) is 10.5. The molecule has 1 aliphatic heterocycles. The smallest absolute Gasteiger partial charge is 0.252 e. The van der Waals surface area contributed by atoms with Gasteiger partial charge in [0.25, 0.3) is 5.91 Å². The van der Waals surface area contributed by atoms with Crippen LogP contribution in [0.25, 0.3) is 0 Å². The molecule has 3 aromatic carbocycles. The number of hydrogen-bond acceptors (Lipinski definition) is 2. The molecule has 0 saturated carbocycles. The van der Waals surface area contributed by atoms with Crippen molar-refractivity contribution < 1.29 is 14.0 Å². The Hall–Kier alpha value is -3.47. The molecule has 0 aromatic heterocycles. The van der Waals surface area contributed by atoms with Crippen molar-refractivity contribution in [3.63, 3.8) is 0 Å². The van der Waals surface area contributed by atoms with E-state index in [0.29, 0.717) is 23.1 Å². The number of carbonyl (C=O) groups excluding carboxylic acids is 2. The number of nitrogens with one attached hydrogen (secondary N) is 2. The number of halogens is 1. The molecule has 0 spiro atoms. The number of amides is 2. The summed E-state index contributed by atoms with van der Waals surface area (Å²) >= 11 is 0. The highest BCUT2D eigenvalue weighted by atomic mass is 19.1. The van der Waals surface area contributed by atoms with E-state index in [-0.39, 0.29) is 17.9 Å². The molecule has 0 radical (unpaired) electrons. The summed E-state index contributed by atoms with van der Waals surface area (Å²) in [5.74, 6) is -1.63. The first kappa shape index (κ1) is 20.8. The van der Waals surface area contributed by atoms with Crippen molar-refractivity contribution in [2.45, 2.75) is 37.8 Å². The standard InChI is InChI=1S/C26H25FN2O2/c1-3-22(17-10-5-4-6-11-17)28-25(31)23-20-14-7-8-15-21(20)24(30)29-26(23,2)18-12-9-13-19(27)16-18/h4-16,22-23H,3H2,1-2H3,(H,28,31)(H,29,30)/t22-,23?,26?/m0/s1. The molecule has 5 heteroatoms. The Morgan fingerprint density at radius 1 is 1.06 bits per heavy atom. The van der Waals surface area contributed by atoms with Crippen molar-refractivity contribution in [1.29, 1.82) is 0 Å². The third kappa shape index (κ3) is 3.83. The molecule has 1 aliphatic rings. The van der Waals surface area contributed by atoms with Gasteiger partial charge in [-0.1, -0.05) is 67.6 Å². The van der Waals surface area contributed by atoms with Crippen LogP contribution in [0.3, 0.4) is 0 Å². The molecular weight excluding hydrogens is 391 g/mol. The van der Waals surface area contributed by atoms with Crippen LogP contribution < -0.4 is 10.6 Å². The summed E-state index contributed by atoms with van der Waals surface area (Å²) in [6, 6.07) is 22.8. The second kappa shape index (κ2) is 8.34. The van der Waals surface area contributed by atoms with Crippen LogP contribution in [0.15, 0.2) is 78.9 Å². The monoisotopic (exact) mass is 416 g/mol. The molecule has 3 aromatic rings. The predicted molar refractivity (Wildman–Crippen MR) is 118 cm³/mol. The fourth-order valence-corrected chi connectivity index (χ4v) is 4.46. The minimum absolute atomic E-state index is 0.171. The van der Waals surface area contributed by atoms with Gasteiger partial charge in [-0.25, -0.2) is 4.39 Å². The average molecular weight is 416 g/mol. The second-order valence-electron chi connectivity index (χ2n) is 8.07. The van der Waals surface area contributed by atoms with Gasteiger partial charge in [0.15, 0.2) is 0 Å². The van der Waals surface area contributed by atoms with E-state index in [0.717, 1.165) is 5.56 Å². The van der Waals surface area contributed by atoms with Crippen LogP contribution >= 0.6 is 0 Å². The SMILES string of the molecule is CC[C@H](NC(=O)C1c2ccccc2C(=O)NC1(C)c1cccc(F)c1)c1ccccc1. The van der Waals surface area contributed by atoms with Gasteiger partial charge in [-0.15, -0.1) is 0 Å². The zero-order valence-electron chi connectivity index (χ0n) is 17.6. The van der Waals surface area contributed by atoms with Crippen molar-refractivity contribution in [1.82, 2.24) is 10.6 Å². The molecule has 3 atom stereocenters. The lowest BCUT2D eigenvalue weighted by molar-refractivity contribution is -0.125. The zero-order valence-corrected chi connectivity index (χ0v) is 17.6. The fourth-order valence-electron chi connectivity index (χ4n) is 4.46. The van der Waals surface area contributed by atoms with Crippen molar-refractivity contribution in [3.8, 4) is 0 Å². The van der Waals surface area contributed by atoms with E-state index in [1.54, 1.807) is 37.3 Å². The summed E-state index contributed by atoms with van der Waals surface area (Å²) in [7, 11) is 0. The minimum Gasteiger partial charge on any atom is -0.349 e. The maximum absolute atomic E-state index is 14.1. The van der Waals surface area contributed by atoms with Gasteiger partial charge in [0.1, 0.15) is 5.82 Å². The molecule has 2 unspecified atom stereocenters. The molecule has 0 aliphatic carbocycles. The highest BCUT2D eigenvalue weighted by molar-refractivity contribution is 6.02. The van der Waals surface area contributed by atoms with Crippen LogP contribution in [-0.2, 0) is 10.3 Å².